The number of aromatic nitrogens is 3. The first-order valence-electron chi connectivity index (χ1n) is 9.72. The third kappa shape index (κ3) is 4.74. The molecule has 0 bridgehead atoms. The van der Waals surface area contributed by atoms with Crippen molar-refractivity contribution in [2.24, 2.45) is 5.92 Å². The van der Waals surface area contributed by atoms with Crippen LogP contribution in [0, 0.1) is 5.92 Å². The molecule has 1 aliphatic heterocycles. The average Bonchev–Trinajstić information content (AvgIpc) is 3.17. The number of rotatable bonds is 5. The number of pyridine rings is 1. The Balaban J connectivity index is 1.31. The maximum Gasteiger partial charge on any atom is 0.230 e. The SMILES string of the molecule is O=C(Nc1ccc(Cl)cn1)C1CCCN(C(=O)CCc2nc3ccccc3[nH]2)C1. The molecule has 1 atom stereocenters. The first-order valence-corrected chi connectivity index (χ1v) is 10.1. The number of carbonyl (C=O) groups excluding carboxylic acids is 2. The Morgan fingerprint density at radius 1 is 1.24 bits per heavy atom. The van der Waals surface area contributed by atoms with Crippen LogP contribution in [0.1, 0.15) is 25.1 Å². The summed E-state index contributed by atoms with van der Waals surface area (Å²) in [6.45, 7) is 1.11. The second-order valence-corrected chi connectivity index (χ2v) is 7.67. The molecule has 0 spiro atoms. The number of anilines is 1. The van der Waals surface area contributed by atoms with Crippen LogP contribution in [0.15, 0.2) is 42.6 Å². The van der Waals surface area contributed by atoms with Gasteiger partial charge in [-0.3, -0.25) is 9.59 Å². The van der Waals surface area contributed by atoms with Crippen LogP contribution in [0.5, 0.6) is 0 Å². The van der Waals surface area contributed by atoms with Crippen molar-refractivity contribution >= 4 is 40.3 Å². The number of piperidine rings is 1. The molecule has 1 unspecified atom stereocenters. The summed E-state index contributed by atoms with van der Waals surface area (Å²) in [7, 11) is 0. The summed E-state index contributed by atoms with van der Waals surface area (Å²) < 4.78 is 0. The number of para-hydroxylation sites is 2. The van der Waals surface area contributed by atoms with Gasteiger partial charge in [-0.05, 0) is 37.1 Å². The molecule has 8 heteroatoms. The Hall–Kier alpha value is -2.93. The molecule has 1 aromatic carbocycles. The number of aryl methyl sites for hydroxylation is 1. The molecule has 0 saturated carbocycles. The van der Waals surface area contributed by atoms with Crippen LogP contribution in [0.2, 0.25) is 5.02 Å². The van der Waals surface area contributed by atoms with Crippen molar-refractivity contribution in [1.82, 2.24) is 19.9 Å². The second kappa shape index (κ2) is 8.61. The first-order chi connectivity index (χ1) is 14.1. The number of hydrogen-bond acceptors (Lipinski definition) is 4. The van der Waals surface area contributed by atoms with Gasteiger partial charge in [0.15, 0.2) is 0 Å². The molecule has 0 radical (unpaired) electrons. The number of benzene rings is 1. The molecular formula is C21H22ClN5O2. The van der Waals surface area contributed by atoms with Crippen molar-refractivity contribution < 1.29 is 9.59 Å². The number of nitrogens with zero attached hydrogens (tertiary/aromatic N) is 3. The number of aromatic amines is 1. The van der Waals surface area contributed by atoms with Crippen LogP contribution in [0.25, 0.3) is 11.0 Å². The van der Waals surface area contributed by atoms with Gasteiger partial charge in [-0.25, -0.2) is 9.97 Å². The lowest BCUT2D eigenvalue weighted by molar-refractivity contribution is -0.134. The quantitative estimate of drug-likeness (QED) is 0.673. The lowest BCUT2D eigenvalue weighted by Gasteiger charge is -2.32. The highest BCUT2D eigenvalue weighted by Gasteiger charge is 2.28. The number of carbonyl (C=O) groups is 2. The lowest BCUT2D eigenvalue weighted by Crippen LogP contribution is -2.43. The maximum atomic E-state index is 12.7. The third-order valence-corrected chi connectivity index (χ3v) is 5.36. The third-order valence-electron chi connectivity index (χ3n) is 5.14. The molecule has 2 aromatic heterocycles. The second-order valence-electron chi connectivity index (χ2n) is 7.23. The van der Waals surface area contributed by atoms with E-state index in [1.54, 1.807) is 17.0 Å². The molecule has 29 heavy (non-hydrogen) atoms. The van der Waals surface area contributed by atoms with Gasteiger partial charge in [0.25, 0.3) is 0 Å². The van der Waals surface area contributed by atoms with Crippen LogP contribution >= 0.6 is 11.6 Å². The summed E-state index contributed by atoms with van der Waals surface area (Å²) in [5, 5.41) is 3.33. The highest BCUT2D eigenvalue weighted by atomic mass is 35.5. The Kier molecular flexibility index (Phi) is 5.76. The molecule has 3 heterocycles. The van der Waals surface area contributed by atoms with Gasteiger partial charge < -0.3 is 15.2 Å². The fraction of sp³-hybridized carbons (Fsp3) is 0.333. The van der Waals surface area contributed by atoms with Gasteiger partial charge in [0.2, 0.25) is 11.8 Å². The van der Waals surface area contributed by atoms with Crippen molar-refractivity contribution in [3.8, 4) is 0 Å². The smallest absolute Gasteiger partial charge is 0.230 e. The number of likely N-dealkylation sites (tertiary alicyclic amines) is 1. The molecule has 1 saturated heterocycles. The van der Waals surface area contributed by atoms with Gasteiger partial charge in [0.05, 0.1) is 22.0 Å². The minimum atomic E-state index is -0.239. The minimum absolute atomic E-state index is 0.0487. The summed E-state index contributed by atoms with van der Waals surface area (Å²) in [4.78, 5) is 38.9. The largest absolute Gasteiger partial charge is 0.342 e. The fourth-order valence-corrected chi connectivity index (χ4v) is 3.71. The van der Waals surface area contributed by atoms with E-state index in [1.807, 2.05) is 24.3 Å². The Morgan fingerprint density at radius 2 is 2.10 bits per heavy atom. The van der Waals surface area contributed by atoms with Crippen LogP contribution in [-0.4, -0.2) is 44.8 Å². The topological polar surface area (TPSA) is 91.0 Å². The number of imidazole rings is 1. The van der Waals surface area contributed by atoms with Crippen LogP contribution < -0.4 is 5.32 Å². The summed E-state index contributed by atoms with van der Waals surface area (Å²) in [5.41, 5.74) is 1.88. The van der Waals surface area contributed by atoms with Crippen molar-refractivity contribution in [2.75, 3.05) is 18.4 Å². The Morgan fingerprint density at radius 3 is 2.90 bits per heavy atom. The summed E-state index contributed by atoms with van der Waals surface area (Å²) >= 11 is 5.82. The van der Waals surface area contributed by atoms with E-state index in [-0.39, 0.29) is 17.7 Å². The van der Waals surface area contributed by atoms with E-state index in [9.17, 15) is 9.59 Å². The molecule has 7 nitrogen and oxygen atoms in total. The standard InChI is InChI=1S/C21H22ClN5O2/c22-15-7-8-18(23-12-15)26-21(29)14-4-3-11-27(13-14)20(28)10-9-19-24-16-5-1-2-6-17(16)25-19/h1-2,5-8,12,14H,3-4,9-11,13H2,(H,24,25)(H,23,26,29). The van der Waals surface area contributed by atoms with Crippen molar-refractivity contribution in [3.05, 3.63) is 53.4 Å². The predicted octanol–water partition coefficient (Wildman–Crippen LogP) is 3.42. The van der Waals surface area contributed by atoms with E-state index in [0.29, 0.717) is 36.8 Å². The van der Waals surface area contributed by atoms with Gasteiger partial charge in [-0.2, -0.15) is 0 Å². The fourth-order valence-electron chi connectivity index (χ4n) is 3.60. The lowest BCUT2D eigenvalue weighted by atomic mass is 9.96. The van der Waals surface area contributed by atoms with E-state index >= 15 is 0 Å². The summed E-state index contributed by atoms with van der Waals surface area (Å²) in [6.07, 6.45) is 3.98. The summed E-state index contributed by atoms with van der Waals surface area (Å²) in [5.74, 6) is 0.964. The molecule has 1 fully saturated rings. The van der Waals surface area contributed by atoms with E-state index in [0.717, 1.165) is 29.7 Å². The molecule has 4 rings (SSSR count). The van der Waals surface area contributed by atoms with Crippen LogP contribution in [0.4, 0.5) is 5.82 Å². The van der Waals surface area contributed by atoms with Gasteiger partial charge in [0, 0.05) is 32.1 Å². The van der Waals surface area contributed by atoms with Gasteiger partial charge in [-0.1, -0.05) is 23.7 Å². The van der Waals surface area contributed by atoms with E-state index in [4.69, 9.17) is 11.6 Å². The van der Waals surface area contributed by atoms with Crippen molar-refractivity contribution in [3.63, 3.8) is 0 Å². The molecular weight excluding hydrogens is 390 g/mol. The molecule has 3 aromatic rings. The maximum absolute atomic E-state index is 12.7. The highest BCUT2D eigenvalue weighted by molar-refractivity contribution is 6.30. The molecule has 1 aliphatic rings. The number of fused-ring (bicyclic) bond motifs is 1. The Bertz CT molecular complexity index is 984. The van der Waals surface area contributed by atoms with Gasteiger partial charge in [0.1, 0.15) is 11.6 Å². The molecule has 2 amide bonds. The van der Waals surface area contributed by atoms with Gasteiger partial charge in [-0.15, -0.1) is 0 Å². The van der Waals surface area contributed by atoms with Gasteiger partial charge >= 0.3 is 0 Å². The molecule has 0 aliphatic carbocycles. The van der Waals surface area contributed by atoms with Crippen molar-refractivity contribution in [1.29, 1.82) is 0 Å². The zero-order chi connectivity index (χ0) is 20.2. The molecule has 150 valence electrons. The summed E-state index contributed by atoms with van der Waals surface area (Å²) in [6, 6.07) is 11.2. The number of hydrogen-bond donors (Lipinski definition) is 2. The first kappa shape index (κ1) is 19.4. The van der Waals surface area contributed by atoms with E-state index < -0.39 is 0 Å². The van der Waals surface area contributed by atoms with Crippen LogP contribution in [0.3, 0.4) is 0 Å². The minimum Gasteiger partial charge on any atom is -0.342 e. The average molecular weight is 412 g/mol. The predicted molar refractivity (Wildman–Crippen MR) is 112 cm³/mol. The zero-order valence-corrected chi connectivity index (χ0v) is 16.7. The zero-order valence-electron chi connectivity index (χ0n) is 15.9. The number of H-pyrrole nitrogens is 1. The number of amides is 2. The molecule has 2 N–H and O–H groups in total. The highest BCUT2D eigenvalue weighted by Crippen LogP contribution is 2.20. The number of halogens is 1. The normalized spacial score (nSPS) is 16.7. The monoisotopic (exact) mass is 411 g/mol. The van der Waals surface area contributed by atoms with E-state index in [1.165, 1.54) is 6.20 Å². The number of nitrogens with one attached hydrogen (secondary N) is 2. The van der Waals surface area contributed by atoms with E-state index in [2.05, 4.69) is 20.3 Å². The van der Waals surface area contributed by atoms with Crippen molar-refractivity contribution in [2.45, 2.75) is 25.7 Å². The van der Waals surface area contributed by atoms with Crippen LogP contribution in [-0.2, 0) is 16.0 Å². The Labute approximate surface area is 173 Å².